The maximum atomic E-state index is 6.39. The first-order valence-electron chi connectivity index (χ1n) is 15.0. The van der Waals surface area contributed by atoms with Crippen LogP contribution in [0.2, 0.25) is 0 Å². The zero-order chi connectivity index (χ0) is 30.3. The van der Waals surface area contributed by atoms with Gasteiger partial charge in [0.25, 0.3) is 0 Å². The highest BCUT2D eigenvalue weighted by atomic mass is 14.9. The monoisotopic (exact) mass is 574 g/mol. The first-order valence-corrected chi connectivity index (χ1v) is 15.0. The molecule has 0 atom stereocenters. The number of rotatable bonds is 10. The van der Waals surface area contributed by atoms with Gasteiger partial charge in [-0.05, 0) is 125 Å². The highest BCUT2D eigenvalue weighted by molar-refractivity contribution is 5.62. The maximum Gasteiger partial charge on any atom is 0.0385 e. The molecule has 0 saturated carbocycles. The van der Waals surface area contributed by atoms with Crippen molar-refractivity contribution in [1.29, 1.82) is 0 Å². The highest BCUT2D eigenvalue weighted by Gasteiger charge is 2.06. The topological polar surface area (TPSA) is 90.1 Å². The van der Waals surface area contributed by atoms with Gasteiger partial charge in [0.05, 0.1) is 0 Å². The first-order chi connectivity index (χ1) is 21.4. The molecule has 218 valence electrons. The van der Waals surface area contributed by atoms with E-state index in [9.17, 15) is 0 Å². The molecule has 7 N–H and O–H groups in total. The SMILES string of the molecule is Nc1ccc(Cc2ccc(Cc3ccc(Cc4ccc(N)c(Cc5ccc(Nc6ccc(N)cc6)cc5)c4)cc3)cc2)cc1. The Kier molecular flexibility index (Phi) is 8.60. The van der Waals surface area contributed by atoms with E-state index in [0.717, 1.165) is 59.7 Å². The third-order valence-electron chi connectivity index (χ3n) is 8.01. The number of nitrogens with one attached hydrogen (secondary N) is 1. The number of hydrogen-bond donors (Lipinski definition) is 4. The molecule has 0 fully saturated rings. The number of benzene rings is 6. The fraction of sp³-hybridized carbons (Fsp3) is 0.100. The summed E-state index contributed by atoms with van der Waals surface area (Å²) in [5.74, 6) is 0. The summed E-state index contributed by atoms with van der Waals surface area (Å²) < 4.78 is 0. The zero-order valence-corrected chi connectivity index (χ0v) is 24.8. The third kappa shape index (κ3) is 7.67. The Hall–Kier alpha value is -5.48. The van der Waals surface area contributed by atoms with Crippen LogP contribution in [0.15, 0.2) is 140 Å². The minimum absolute atomic E-state index is 0.756. The van der Waals surface area contributed by atoms with Gasteiger partial charge in [0, 0.05) is 28.4 Å². The predicted molar refractivity (Wildman–Crippen MR) is 186 cm³/mol. The van der Waals surface area contributed by atoms with Crippen LogP contribution < -0.4 is 22.5 Å². The lowest BCUT2D eigenvalue weighted by Gasteiger charge is -2.11. The second-order valence-electron chi connectivity index (χ2n) is 11.6. The van der Waals surface area contributed by atoms with Gasteiger partial charge in [0.2, 0.25) is 0 Å². The van der Waals surface area contributed by atoms with Crippen LogP contribution in [0.1, 0.15) is 44.5 Å². The van der Waals surface area contributed by atoms with Crippen LogP contribution in [-0.4, -0.2) is 0 Å². The molecule has 6 aromatic carbocycles. The lowest BCUT2D eigenvalue weighted by Crippen LogP contribution is -1.99. The Labute approximate surface area is 260 Å². The van der Waals surface area contributed by atoms with E-state index in [1.54, 1.807) is 0 Å². The molecule has 4 heteroatoms. The Morgan fingerprint density at radius 2 is 0.659 bits per heavy atom. The van der Waals surface area contributed by atoms with Crippen molar-refractivity contribution in [3.63, 3.8) is 0 Å². The number of nitrogens with two attached hydrogens (primary N) is 3. The number of nitrogen functional groups attached to an aromatic ring is 3. The molecule has 4 nitrogen and oxygen atoms in total. The van der Waals surface area contributed by atoms with Gasteiger partial charge < -0.3 is 22.5 Å². The lowest BCUT2D eigenvalue weighted by atomic mass is 9.96. The summed E-state index contributed by atoms with van der Waals surface area (Å²) in [6.45, 7) is 0. The molecule has 0 aromatic heterocycles. The minimum atomic E-state index is 0.756. The normalized spacial score (nSPS) is 10.9. The van der Waals surface area contributed by atoms with Crippen LogP contribution in [0.25, 0.3) is 0 Å². The summed E-state index contributed by atoms with van der Waals surface area (Å²) in [5, 5.41) is 3.42. The molecule has 0 spiro atoms. The quantitative estimate of drug-likeness (QED) is 0.123. The van der Waals surface area contributed by atoms with E-state index in [0.29, 0.717) is 0 Å². The van der Waals surface area contributed by atoms with Crippen LogP contribution in [0.3, 0.4) is 0 Å². The third-order valence-corrected chi connectivity index (χ3v) is 8.01. The molecule has 0 heterocycles. The van der Waals surface area contributed by atoms with Crippen LogP contribution in [0.5, 0.6) is 0 Å². The molecule has 6 rings (SSSR count). The molecule has 0 bridgehead atoms. The smallest absolute Gasteiger partial charge is 0.0385 e. The van der Waals surface area contributed by atoms with Gasteiger partial charge in [-0.3, -0.25) is 0 Å². The number of anilines is 5. The van der Waals surface area contributed by atoms with Crippen molar-refractivity contribution >= 4 is 28.4 Å². The van der Waals surface area contributed by atoms with E-state index in [1.807, 2.05) is 42.5 Å². The minimum Gasteiger partial charge on any atom is -0.399 e. The van der Waals surface area contributed by atoms with Crippen molar-refractivity contribution in [1.82, 2.24) is 0 Å². The fourth-order valence-corrected chi connectivity index (χ4v) is 5.47. The van der Waals surface area contributed by atoms with E-state index in [-0.39, 0.29) is 0 Å². The number of hydrogen-bond acceptors (Lipinski definition) is 4. The summed E-state index contributed by atoms with van der Waals surface area (Å²) in [6, 6.07) is 48.7. The Morgan fingerprint density at radius 3 is 1.14 bits per heavy atom. The molecule has 0 amide bonds. The molecular formula is C40H38N4. The molecule has 6 aromatic rings. The second-order valence-corrected chi connectivity index (χ2v) is 11.6. The molecule has 0 aliphatic carbocycles. The molecule has 0 saturated heterocycles. The summed E-state index contributed by atoms with van der Waals surface area (Å²) >= 11 is 0. The largest absolute Gasteiger partial charge is 0.399 e. The van der Waals surface area contributed by atoms with Crippen molar-refractivity contribution in [3.8, 4) is 0 Å². The first kappa shape index (κ1) is 28.6. The average molecular weight is 575 g/mol. The molecule has 0 unspecified atom stereocenters. The van der Waals surface area contributed by atoms with Gasteiger partial charge >= 0.3 is 0 Å². The average Bonchev–Trinajstić information content (AvgIpc) is 3.04. The van der Waals surface area contributed by atoms with Gasteiger partial charge in [-0.2, -0.15) is 0 Å². The highest BCUT2D eigenvalue weighted by Crippen LogP contribution is 2.24. The molecule has 0 aliphatic rings. The van der Waals surface area contributed by atoms with Gasteiger partial charge in [-0.15, -0.1) is 0 Å². The van der Waals surface area contributed by atoms with E-state index < -0.39 is 0 Å². The van der Waals surface area contributed by atoms with Crippen molar-refractivity contribution < 1.29 is 0 Å². The van der Waals surface area contributed by atoms with Crippen molar-refractivity contribution in [2.24, 2.45) is 0 Å². The standard InChI is InChI=1S/C40H38N4/c41-36-14-9-32(10-15-36)24-30-3-1-28(2-4-30)23-29-5-7-31(8-6-29)25-34-13-22-40(43)35(27-34)26-33-11-18-38(19-12-33)44-39-20-16-37(42)17-21-39/h1-22,27,44H,23-26,41-43H2. The Morgan fingerprint density at radius 1 is 0.341 bits per heavy atom. The Bertz CT molecular complexity index is 1810. The van der Waals surface area contributed by atoms with Gasteiger partial charge in [0.1, 0.15) is 0 Å². The summed E-state index contributed by atoms with van der Waals surface area (Å²) in [4.78, 5) is 0. The Balaban J connectivity index is 1.04. The van der Waals surface area contributed by atoms with Crippen LogP contribution in [-0.2, 0) is 25.7 Å². The van der Waals surface area contributed by atoms with Crippen molar-refractivity contribution in [3.05, 3.63) is 184 Å². The summed E-state index contributed by atoms with van der Waals surface area (Å²) in [5.41, 5.74) is 32.6. The van der Waals surface area contributed by atoms with E-state index in [2.05, 4.69) is 102 Å². The molecule has 0 aliphatic heterocycles. The van der Waals surface area contributed by atoms with Crippen molar-refractivity contribution in [2.45, 2.75) is 25.7 Å². The van der Waals surface area contributed by atoms with Gasteiger partial charge in [-0.1, -0.05) is 84.9 Å². The van der Waals surface area contributed by atoms with E-state index in [4.69, 9.17) is 17.2 Å². The van der Waals surface area contributed by atoms with Crippen molar-refractivity contribution in [2.75, 3.05) is 22.5 Å². The van der Waals surface area contributed by atoms with Crippen LogP contribution in [0.4, 0.5) is 28.4 Å². The molecule has 44 heavy (non-hydrogen) atoms. The molecular weight excluding hydrogens is 536 g/mol. The maximum absolute atomic E-state index is 6.39. The summed E-state index contributed by atoms with van der Waals surface area (Å²) in [6.07, 6.45) is 3.50. The van der Waals surface area contributed by atoms with Gasteiger partial charge in [0.15, 0.2) is 0 Å². The zero-order valence-electron chi connectivity index (χ0n) is 24.8. The lowest BCUT2D eigenvalue weighted by molar-refractivity contribution is 1.12. The second kappa shape index (κ2) is 13.2. The van der Waals surface area contributed by atoms with Crippen LogP contribution >= 0.6 is 0 Å². The predicted octanol–water partition coefficient (Wildman–Crippen LogP) is 8.54. The van der Waals surface area contributed by atoms with E-state index in [1.165, 1.54) is 38.9 Å². The van der Waals surface area contributed by atoms with E-state index >= 15 is 0 Å². The summed E-state index contributed by atoms with van der Waals surface area (Å²) in [7, 11) is 0. The fourth-order valence-electron chi connectivity index (χ4n) is 5.47. The molecule has 0 radical (unpaired) electrons. The van der Waals surface area contributed by atoms with Crippen LogP contribution in [0, 0.1) is 0 Å². The van der Waals surface area contributed by atoms with Gasteiger partial charge in [-0.25, -0.2) is 0 Å².